The molecule has 6 nitrogen and oxygen atoms in total. The number of aryl methyl sites for hydroxylation is 1. The number of ether oxygens (including phenoxy) is 2. The van der Waals surface area contributed by atoms with E-state index in [0.29, 0.717) is 33.4 Å². The molecule has 0 saturated heterocycles. The van der Waals surface area contributed by atoms with E-state index in [1.807, 2.05) is 19.9 Å². The normalized spacial score (nSPS) is 14.8. The van der Waals surface area contributed by atoms with Gasteiger partial charge in [0, 0.05) is 17.1 Å². The van der Waals surface area contributed by atoms with Crippen LogP contribution >= 0.6 is 11.6 Å². The SMILES string of the molecule is COC(=O)C1=C(C)N(c2ccc(OC)c(Cl)c2)C(=O)/C1=C\c1cc(C)n(-c2ccccc2F)c1C. The van der Waals surface area contributed by atoms with Crippen molar-refractivity contribution in [2.45, 2.75) is 20.8 Å². The number of hydrogen-bond donors (Lipinski definition) is 0. The fourth-order valence-corrected chi connectivity index (χ4v) is 4.63. The number of hydrogen-bond acceptors (Lipinski definition) is 4. The summed E-state index contributed by atoms with van der Waals surface area (Å²) in [4.78, 5) is 27.8. The summed E-state index contributed by atoms with van der Waals surface area (Å²) >= 11 is 6.29. The highest BCUT2D eigenvalue weighted by molar-refractivity contribution is 6.32. The average Bonchev–Trinajstić information content (AvgIpc) is 3.25. The van der Waals surface area contributed by atoms with E-state index in [-0.39, 0.29) is 17.0 Å². The lowest BCUT2D eigenvalue weighted by atomic mass is 10.0. The molecule has 180 valence electrons. The molecule has 1 aliphatic rings. The molecule has 1 aliphatic heterocycles. The maximum Gasteiger partial charge on any atom is 0.340 e. The molecular formula is C27H24ClFN2O4. The number of anilines is 1. The van der Waals surface area contributed by atoms with Crippen molar-refractivity contribution in [2.24, 2.45) is 0 Å². The van der Waals surface area contributed by atoms with Gasteiger partial charge in [0.2, 0.25) is 0 Å². The first kappa shape index (κ1) is 24.3. The van der Waals surface area contributed by atoms with Gasteiger partial charge in [-0.05, 0) is 68.8 Å². The van der Waals surface area contributed by atoms with Gasteiger partial charge in [0.25, 0.3) is 5.91 Å². The molecule has 0 N–H and O–H groups in total. The summed E-state index contributed by atoms with van der Waals surface area (Å²) in [7, 11) is 2.77. The van der Waals surface area contributed by atoms with E-state index in [0.717, 1.165) is 11.4 Å². The van der Waals surface area contributed by atoms with Crippen molar-refractivity contribution < 1.29 is 23.5 Å². The first-order chi connectivity index (χ1) is 16.7. The van der Waals surface area contributed by atoms with Gasteiger partial charge in [-0.25, -0.2) is 9.18 Å². The summed E-state index contributed by atoms with van der Waals surface area (Å²) < 4.78 is 26.5. The lowest BCUT2D eigenvalue weighted by Gasteiger charge is -2.19. The predicted molar refractivity (Wildman–Crippen MR) is 133 cm³/mol. The van der Waals surface area contributed by atoms with Gasteiger partial charge in [0.05, 0.1) is 41.8 Å². The van der Waals surface area contributed by atoms with Gasteiger partial charge in [0.15, 0.2) is 0 Å². The molecule has 0 saturated carbocycles. The first-order valence-electron chi connectivity index (χ1n) is 10.8. The number of aromatic nitrogens is 1. The van der Waals surface area contributed by atoms with Crippen LogP contribution in [0.1, 0.15) is 23.9 Å². The third-order valence-electron chi connectivity index (χ3n) is 6.05. The zero-order chi connectivity index (χ0) is 25.4. The number of esters is 1. The molecule has 2 aromatic carbocycles. The molecule has 0 aliphatic carbocycles. The Morgan fingerprint density at radius 3 is 2.40 bits per heavy atom. The molecule has 1 amide bonds. The Balaban J connectivity index is 1.86. The monoisotopic (exact) mass is 494 g/mol. The van der Waals surface area contributed by atoms with Gasteiger partial charge in [-0.2, -0.15) is 0 Å². The molecular weight excluding hydrogens is 471 g/mol. The van der Waals surface area contributed by atoms with Crippen molar-refractivity contribution in [1.29, 1.82) is 0 Å². The van der Waals surface area contributed by atoms with Gasteiger partial charge in [-0.1, -0.05) is 23.7 Å². The van der Waals surface area contributed by atoms with E-state index in [1.54, 1.807) is 54.0 Å². The third-order valence-corrected chi connectivity index (χ3v) is 6.34. The van der Waals surface area contributed by atoms with Crippen molar-refractivity contribution in [3.8, 4) is 11.4 Å². The maximum absolute atomic E-state index is 14.5. The minimum absolute atomic E-state index is 0.153. The van der Waals surface area contributed by atoms with E-state index in [1.165, 1.54) is 25.2 Å². The summed E-state index contributed by atoms with van der Waals surface area (Å²) in [5.74, 6) is -0.931. The van der Waals surface area contributed by atoms with E-state index in [9.17, 15) is 14.0 Å². The summed E-state index contributed by atoms with van der Waals surface area (Å²) in [5, 5.41) is 0.330. The molecule has 0 fully saturated rings. The molecule has 35 heavy (non-hydrogen) atoms. The zero-order valence-electron chi connectivity index (χ0n) is 20.0. The Kier molecular flexibility index (Phi) is 6.54. The van der Waals surface area contributed by atoms with E-state index >= 15 is 0 Å². The standard InChI is InChI=1S/C27H24ClFN2O4/c1-15-12-18(16(2)30(15)23-9-7-6-8-22(23)29)13-20-25(27(33)35-5)17(3)31(26(20)32)19-10-11-24(34-4)21(28)14-19/h6-14H,1-5H3/b20-13-. The Labute approximate surface area is 207 Å². The average molecular weight is 495 g/mol. The van der Waals surface area contributed by atoms with Crippen LogP contribution in [0, 0.1) is 19.7 Å². The highest BCUT2D eigenvalue weighted by atomic mass is 35.5. The van der Waals surface area contributed by atoms with Crippen LogP contribution in [-0.2, 0) is 14.3 Å². The van der Waals surface area contributed by atoms with E-state index in [2.05, 4.69) is 0 Å². The number of carbonyl (C=O) groups excluding carboxylic acids is 2. The van der Waals surface area contributed by atoms with Crippen LogP contribution in [0.5, 0.6) is 5.75 Å². The van der Waals surface area contributed by atoms with Gasteiger partial charge in [-0.15, -0.1) is 0 Å². The number of carbonyl (C=O) groups is 2. The van der Waals surface area contributed by atoms with Crippen LogP contribution < -0.4 is 9.64 Å². The van der Waals surface area contributed by atoms with E-state index < -0.39 is 11.9 Å². The lowest BCUT2D eigenvalue weighted by Crippen LogP contribution is -2.24. The number of nitrogens with zero attached hydrogens (tertiary/aromatic N) is 2. The van der Waals surface area contributed by atoms with Crippen LogP contribution in [0.15, 0.2) is 65.4 Å². The second-order valence-corrected chi connectivity index (χ2v) is 8.49. The number of methoxy groups -OCH3 is 2. The molecule has 2 heterocycles. The van der Waals surface area contributed by atoms with Gasteiger partial charge >= 0.3 is 5.97 Å². The maximum atomic E-state index is 14.5. The number of allylic oxidation sites excluding steroid dienone is 1. The van der Waals surface area contributed by atoms with Crippen molar-refractivity contribution in [3.63, 3.8) is 0 Å². The minimum Gasteiger partial charge on any atom is -0.495 e. The number of halogens is 2. The quantitative estimate of drug-likeness (QED) is 0.333. The van der Waals surface area contributed by atoms with Crippen LogP contribution in [0.25, 0.3) is 11.8 Å². The highest BCUT2D eigenvalue weighted by Crippen LogP contribution is 2.38. The lowest BCUT2D eigenvalue weighted by molar-refractivity contribution is -0.136. The number of rotatable bonds is 5. The van der Waals surface area contributed by atoms with Crippen molar-refractivity contribution >= 4 is 35.2 Å². The molecule has 0 spiro atoms. The number of para-hydroxylation sites is 1. The van der Waals surface area contributed by atoms with Gasteiger partial charge in [-0.3, -0.25) is 9.69 Å². The smallest absolute Gasteiger partial charge is 0.340 e. The summed E-state index contributed by atoms with van der Waals surface area (Å²) in [6, 6.07) is 13.3. The third kappa shape index (κ3) is 4.12. The molecule has 0 atom stereocenters. The zero-order valence-corrected chi connectivity index (χ0v) is 20.7. The minimum atomic E-state index is -0.632. The number of benzene rings is 2. The molecule has 0 bridgehead atoms. The van der Waals surface area contributed by atoms with Crippen LogP contribution in [0.4, 0.5) is 10.1 Å². The van der Waals surface area contributed by atoms with Crippen LogP contribution in [-0.4, -0.2) is 30.7 Å². The second kappa shape index (κ2) is 9.43. The highest BCUT2D eigenvalue weighted by Gasteiger charge is 2.38. The van der Waals surface area contributed by atoms with Crippen LogP contribution in [0.2, 0.25) is 5.02 Å². The molecule has 1 aromatic heterocycles. The fourth-order valence-electron chi connectivity index (χ4n) is 4.38. The Bertz CT molecular complexity index is 1420. The van der Waals surface area contributed by atoms with Gasteiger partial charge < -0.3 is 14.0 Å². The molecule has 0 radical (unpaired) electrons. The summed E-state index contributed by atoms with van der Waals surface area (Å²) in [5.41, 5.74) is 3.81. The number of amides is 1. The molecule has 0 unspecified atom stereocenters. The largest absolute Gasteiger partial charge is 0.495 e. The topological polar surface area (TPSA) is 60.8 Å². The second-order valence-electron chi connectivity index (χ2n) is 8.08. The van der Waals surface area contributed by atoms with E-state index in [4.69, 9.17) is 21.1 Å². The molecule has 4 rings (SSSR count). The van der Waals surface area contributed by atoms with Crippen molar-refractivity contribution in [1.82, 2.24) is 4.57 Å². The predicted octanol–water partition coefficient (Wildman–Crippen LogP) is 5.77. The van der Waals surface area contributed by atoms with Gasteiger partial charge in [0.1, 0.15) is 11.6 Å². The summed E-state index contributed by atoms with van der Waals surface area (Å²) in [6.07, 6.45) is 1.64. The van der Waals surface area contributed by atoms with Crippen LogP contribution in [0.3, 0.4) is 0 Å². The molecule has 8 heteroatoms. The Morgan fingerprint density at radius 1 is 1.06 bits per heavy atom. The Morgan fingerprint density at radius 2 is 1.77 bits per heavy atom. The fraction of sp³-hybridized carbons (Fsp3) is 0.185. The van der Waals surface area contributed by atoms with Crippen molar-refractivity contribution in [3.05, 3.63) is 93.2 Å². The summed E-state index contributed by atoms with van der Waals surface area (Å²) in [6.45, 7) is 5.36. The van der Waals surface area contributed by atoms with Crippen molar-refractivity contribution in [2.75, 3.05) is 19.1 Å². The molecule has 3 aromatic rings. The Hall–Kier alpha value is -3.84. The first-order valence-corrected chi connectivity index (χ1v) is 11.2.